The molecule has 0 fully saturated rings. The first-order valence-corrected chi connectivity index (χ1v) is 4.64. The van der Waals surface area contributed by atoms with Crippen LogP contribution in [0.5, 0.6) is 0 Å². The van der Waals surface area contributed by atoms with Crippen molar-refractivity contribution >= 4 is 5.97 Å². The molecule has 0 aliphatic carbocycles. The van der Waals surface area contributed by atoms with Crippen molar-refractivity contribution in [1.82, 2.24) is 4.90 Å². The van der Waals surface area contributed by atoms with Crippen molar-refractivity contribution in [2.45, 2.75) is 19.8 Å². The van der Waals surface area contributed by atoms with Gasteiger partial charge in [0.25, 0.3) is 0 Å². The van der Waals surface area contributed by atoms with Gasteiger partial charge in [0.05, 0.1) is 0 Å². The average molecular weight is 185 g/mol. The molecule has 0 aliphatic rings. The summed E-state index contributed by atoms with van der Waals surface area (Å²) >= 11 is 0. The van der Waals surface area contributed by atoms with Crippen molar-refractivity contribution in [3.63, 3.8) is 0 Å². The predicted molar refractivity (Wildman–Crippen MR) is 53.6 cm³/mol. The van der Waals surface area contributed by atoms with E-state index < -0.39 is 0 Å². The molecule has 0 aromatic carbocycles. The standard InChI is InChI=1S/C10H19NO2/c1-4-5-6-7-10(12)13-9-8-11(2)3/h6-7H,4-5,8-9H2,1-3H3. The fourth-order valence-electron chi connectivity index (χ4n) is 0.723. The van der Waals surface area contributed by atoms with Crippen molar-refractivity contribution in [2.24, 2.45) is 0 Å². The van der Waals surface area contributed by atoms with E-state index in [0.717, 1.165) is 19.4 Å². The molecular weight excluding hydrogens is 166 g/mol. The van der Waals surface area contributed by atoms with Gasteiger partial charge in [0.15, 0.2) is 0 Å². The number of hydrogen-bond donors (Lipinski definition) is 0. The second-order valence-corrected chi connectivity index (χ2v) is 3.16. The van der Waals surface area contributed by atoms with Crippen LogP contribution >= 0.6 is 0 Å². The zero-order valence-electron chi connectivity index (χ0n) is 8.75. The molecule has 0 unspecified atom stereocenters. The summed E-state index contributed by atoms with van der Waals surface area (Å²) in [4.78, 5) is 12.9. The number of hydrogen-bond acceptors (Lipinski definition) is 3. The highest BCUT2D eigenvalue weighted by atomic mass is 16.5. The minimum Gasteiger partial charge on any atom is -0.461 e. The van der Waals surface area contributed by atoms with Gasteiger partial charge in [-0.05, 0) is 20.5 Å². The van der Waals surface area contributed by atoms with Crippen LogP contribution in [-0.4, -0.2) is 38.1 Å². The lowest BCUT2D eigenvalue weighted by atomic mass is 10.3. The van der Waals surface area contributed by atoms with Crippen LogP contribution in [0, 0.1) is 0 Å². The second kappa shape index (κ2) is 7.80. The topological polar surface area (TPSA) is 29.5 Å². The van der Waals surface area contributed by atoms with Gasteiger partial charge in [-0.2, -0.15) is 0 Å². The van der Waals surface area contributed by atoms with Crippen molar-refractivity contribution in [3.8, 4) is 0 Å². The van der Waals surface area contributed by atoms with Crippen LogP contribution in [0.3, 0.4) is 0 Å². The van der Waals surface area contributed by atoms with Crippen molar-refractivity contribution in [3.05, 3.63) is 12.2 Å². The molecule has 0 rings (SSSR count). The molecule has 0 N–H and O–H groups in total. The van der Waals surface area contributed by atoms with Gasteiger partial charge in [0.2, 0.25) is 0 Å². The third-order valence-corrected chi connectivity index (χ3v) is 1.49. The van der Waals surface area contributed by atoms with E-state index in [4.69, 9.17) is 4.74 Å². The maximum Gasteiger partial charge on any atom is 0.330 e. The maximum atomic E-state index is 11.0. The lowest BCUT2D eigenvalue weighted by molar-refractivity contribution is -0.138. The van der Waals surface area contributed by atoms with Crippen LogP contribution < -0.4 is 0 Å². The molecule has 13 heavy (non-hydrogen) atoms. The van der Waals surface area contributed by atoms with Gasteiger partial charge in [0, 0.05) is 12.6 Å². The Hall–Kier alpha value is -0.830. The quantitative estimate of drug-likeness (QED) is 0.463. The normalized spacial score (nSPS) is 11.1. The third-order valence-electron chi connectivity index (χ3n) is 1.49. The maximum absolute atomic E-state index is 11.0. The largest absolute Gasteiger partial charge is 0.461 e. The third kappa shape index (κ3) is 9.08. The lowest BCUT2D eigenvalue weighted by Crippen LogP contribution is -2.19. The van der Waals surface area contributed by atoms with Crippen LogP contribution in [0.2, 0.25) is 0 Å². The highest BCUT2D eigenvalue weighted by Crippen LogP contribution is 1.90. The fraction of sp³-hybridized carbons (Fsp3) is 0.700. The summed E-state index contributed by atoms with van der Waals surface area (Å²) in [6.07, 6.45) is 5.33. The van der Waals surface area contributed by atoms with E-state index in [0.29, 0.717) is 6.61 Å². The Morgan fingerprint density at radius 2 is 2.15 bits per heavy atom. The number of rotatable bonds is 6. The van der Waals surface area contributed by atoms with E-state index in [1.54, 1.807) is 0 Å². The Morgan fingerprint density at radius 3 is 2.69 bits per heavy atom. The predicted octanol–water partition coefficient (Wildman–Crippen LogP) is 1.45. The first-order valence-electron chi connectivity index (χ1n) is 4.64. The number of allylic oxidation sites excluding steroid dienone is 1. The summed E-state index contributed by atoms with van der Waals surface area (Å²) in [5.74, 6) is -0.240. The number of ether oxygens (including phenoxy) is 1. The van der Waals surface area contributed by atoms with Gasteiger partial charge in [-0.1, -0.05) is 19.4 Å². The monoisotopic (exact) mass is 185 g/mol. The number of unbranched alkanes of at least 4 members (excludes halogenated alkanes) is 1. The molecular formula is C10H19NO2. The molecule has 0 atom stereocenters. The van der Waals surface area contributed by atoms with Gasteiger partial charge >= 0.3 is 5.97 Å². The molecule has 0 saturated carbocycles. The van der Waals surface area contributed by atoms with E-state index in [9.17, 15) is 4.79 Å². The number of carbonyl (C=O) groups excluding carboxylic acids is 1. The molecule has 0 saturated heterocycles. The second-order valence-electron chi connectivity index (χ2n) is 3.16. The molecule has 0 aromatic heterocycles. The summed E-state index contributed by atoms with van der Waals surface area (Å²) in [7, 11) is 3.89. The summed E-state index contributed by atoms with van der Waals surface area (Å²) in [6, 6.07) is 0. The Kier molecular flexibility index (Phi) is 7.30. The molecule has 0 aliphatic heterocycles. The van der Waals surface area contributed by atoms with E-state index in [-0.39, 0.29) is 5.97 Å². The molecule has 76 valence electrons. The SMILES string of the molecule is CCCC=CC(=O)OCCN(C)C. The van der Waals surface area contributed by atoms with Crippen LogP contribution in [0.1, 0.15) is 19.8 Å². The highest BCUT2D eigenvalue weighted by Gasteiger charge is 1.96. The van der Waals surface area contributed by atoms with Crippen molar-refractivity contribution < 1.29 is 9.53 Å². The summed E-state index contributed by atoms with van der Waals surface area (Å²) in [5.41, 5.74) is 0. The van der Waals surface area contributed by atoms with Crippen LogP contribution in [-0.2, 0) is 9.53 Å². The molecule has 0 bridgehead atoms. The fourth-order valence-corrected chi connectivity index (χ4v) is 0.723. The molecule has 0 heterocycles. The number of nitrogens with zero attached hydrogens (tertiary/aromatic N) is 1. The minimum atomic E-state index is -0.240. The molecule has 0 spiro atoms. The van der Waals surface area contributed by atoms with Gasteiger partial charge < -0.3 is 9.64 Å². The van der Waals surface area contributed by atoms with E-state index in [1.807, 2.05) is 25.1 Å². The summed E-state index contributed by atoms with van der Waals surface area (Å²) in [5, 5.41) is 0. The van der Waals surface area contributed by atoms with Gasteiger partial charge in [-0.25, -0.2) is 4.79 Å². The Balaban J connectivity index is 3.40. The molecule has 3 nitrogen and oxygen atoms in total. The number of likely N-dealkylation sites (N-methyl/N-ethyl adjacent to an activating group) is 1. The zero-order chi connectivity index (χ0) is 10.1. The molecule has 3 heteroatoms. The molecule has 0 radical (unpaired) electrons. The van der Waals surface area contributed by atoms with E-state index in [2.05, 4.69) is 6.92 Å². The van der Waals surface area contributed by atoms with E-state index in [1.165, 1.54) is 6.08 Å². The smallest absolute Gasteiger partial charge is 0.330 e. The summed E-state index contributed by atoms with van der Waals surface area (Å²) in [6.45, 7) is 3.30. The van der Waals surface area contributed by atoms with Gasteiger partial charge in [-0.15, -0.1) is 0 Å². The first-order chi connectivity index (χ1) is 6.16. The van der Waals surface area contributed by atoms with Crippen molar-refractivity contribution in [2.75, 3.05) is 27.2 Å². The van der Waals surface area contributed by atoms with Gasteiger partial charge in [0.1, 0.15) is 6.61 Å². The molecule has 0 amide bonds. The first kappa shape index (κ1) is 12.2. The summed E-state index contributed by atoms with van der Waals surface area (Å²) < 4.78 is 4.93. The Bertz CT molecular complexity index is 164. The lowest BCUT2D eigenvalue weighted by Gasteiger charge is -2.08. The molecule has 0 aromatic rings. The minimum absolute atomic E-state index is 0.240. The Labute approximate surface area is 80.4 Å². The average Bonchev–Trinajstić information content (AvgIpc) is 2.04. The van der Waals surface area contributed by atoms with Crippen molar-refractivity contribution in [1.29, 1.82) is 0 Å². The van der Waals surface area contributed by atoms with E-state index >= 15 is 0 Å². The zero-order valence-corrected chi connectivity index (χ0v) is 8.75. The van der Waals surface area contributed by atoms with Crippen LogP contribution in [0.4, 0.5) is 0 Å². The Morgan fingerprint density at radius 1 is 1.46 bits per heavy atom. The number of esters is 1. The van der Waals surface area contributed by atoms with Gasteiger partial charge in [-0.3, -0.25) is 0 Å². The van der Waals surface area contributed by atoms with Crippen LogP contribution in [0.15, 0.2) is 12.2 Å². The van der Waals surface area contributed by atoms with Crippen LogP contribution in [0.25, 0.3) is 0 Å². The number of carbonyl (C=O) groups is 1. The highest BCUT2D eigenvalue weighted by molar-refractivity contribution is 5.81.